The molecule has 1 fully saturated rings. The van der Waals surface area contributed by atoms with Crippen LogP contribution in [-0.2, 0) is 23.1 Å². The van der Waals surface area contributed by atoms with Gasteiger partial charge >= 0.3 is 0 Å². The fraction of sp³-hybridized carbons (Fsp3) is 0.250. The van der Waals surface area contributed by atoms with Crippen LogP contribution in [0.3, 0.4) is 0 Å². The lowest BCUT2D eigenvalue weighted by Gasteiger charge is -2.23. The molecule has 52 heavy (non-hydrogen) atoms. The molecule has 1 saturated heterocycles. The van der Waals surface area contributed by atoms with Gasteiger partial charge < -0.3 is 20.1 Å². The van der Waals surface area contributed by atoms with Crippen LogP contribution in [0.15, 0.2) is 82.6 Å². The third-order valence-corrected chi connectivity index (χ3v) is 9.19. The number of carbonyl (C=O) groups excluding carboxylic acids is 3. The predicted molar refractivity (Wildman–Crippen MR) is 201 cm³/mol. The lowest BCUT2D eigenvalue weighted by atomic mass is 10.0. The van der Waals surface area contributed by atoms with E-state index in [0.29, 0.717) is 40.2 Å². The van der Waals surface area contributed by atoms with E-state index in [4.69, 9.17) is 0 Å². The van der Waals surface area contributed by atoms with Crippen molar-refractivity contribution in [3.05, 3.63) is 122 Å². The number of fused-ring (bicyclic) bond motifs is 1. The van der Waals surface area contributed by atoms with E-state index in [-0.39, 0.29) is 41.6 Å². The second-order valence-corrected chi connectivity index (χ2v) is 12.8. The molecular weight excluding hydrogens is 658 g/mol. The van der Waals surface area contributed by atoms with E-state index in [1.54, 1.807) is 49.9 Å². The molecule has 0 saturated carbocycles. The number of amides is 3. The number of nitrogens with one attached hydrogen (secondary N) is 3. The Bertz CT molecular complexity index is 2440. The van der Waals surface area contributed by atoms with Crippen molar-refractivity contribution in [3.8, 4) is 17.5 Å². The van der Waals surface area contributed by atoms with Crippen molar-refractivity contribution in [3.63, 3.8) is 0 Å². The number of piperidine rings is 1. The van der Waals surface area contributed by atoms with Crippen LogP contribution in [0.1, 0.15) is 52.5 Å². The quantitative estimate of drug-likeness (QED) is 0.163. The molecule has 1 aliphatic rings. The number of rotatable bonds is 8. The molecule has 1 atom stereocenters. The van der Waals surface area contributed by atoms with Crippen LogP contribution in [0.5, 0.6) is 0 Å². The monoisotopic (exact) mass is 697 g/mol. The minimum atomic E-state index is -0.499. The van der Waals surface area contributed by atoms with Crippen molar-refractivity contribution in [1.29, 1.82) is 0 Å². The van der Waals surface area contributed by atoms with Crippen molar-refractivity contribution < 1.29 is 14.4 Å². The van der Waals surface area contributed by atoms with Crippen LogP contribution < -0.4 is 32.0 Å². The summed E-state index contributed by atoms with van der Waals surface area (Å²) in [5, 5.41) is 9.15. The van der Waals surface area contributed by atoms with E-state index in [0.717, 1.165) is 28.6 Å². The number of hydrogen-bond acceptors (Lipinski definition) is 8. The second-order valence-electron chi connectivity index (χ2n) is 12.8. The van der Waals surface area contributed by atoms with E-state index in [1.807, 2.05) is 48.3 Å². The molecule has 3 N–H and O–H groups in total. The van der Waals surface area contributed by atoms with Crippen LogP contribution in [0.4, 0.5) is 17.1 Å². The molecular formula is C40H39N7O5. The Labute approximate surface area is 300 Å². The zero-order valence-electron chi connectivity index (χ0n) is 29.7. The Hall–Kier alpha value is -6.48. The Morgan fingerprint density at radius 1 is 1.04 bits per heavy atom. The normalized spacial score (nSPS) is 14.0. The van der Waals surface area contributed by atoms with Gasteiger partial charge in [-0.1, -0.05) is 24.8 Å². The molecule has 4 heterocycles. The Balaban J connectivity index is 1.13. The van der Waals surface area contributed by atoms with Crippen molar-refractivity contribution in [2.24, 2.45) is 7.05 Å². The van der Waals surface area contributed by atoms with Crippen LogP contribution >= 0.6 is 0 Å². The van der Waals surface area contributed by atoms with Crippen LogP contribution in [0.2, 0.25) is 0 Å². The maximum atomic E-state index is 13.4. The number of benzene rings is 2. The Morgan fingerprint density at radius 2 is 1.85 bits per heavy atom. The lowest BCUT2D eigenvalue weighted by Crippen LogP contribution is -2.47. The number of imide groups is 1. The highest BCUT2D eigenvalue weighted by atomic mass is 16.2. The van der Waals surface area contributed by atoms with Gasteiger partial charge in [-0.2, -0.15) is 0 Å². The molecule has 3 aromatic heterocycles. The summed E-state index contributed by atoms with van der Waals surface area (Å²) in [6, 6.07) is 17.9. The number of nitrogens with zero attached hydrogens (tertiary/aromatic N) is 4. The number of anilines is 3. The molecule has 0 radical (unpaired) electrons. The summed E-state index contributed by atoms with van der Waals surface area (Å²) in [7, 11) is 3.67. The third-order valence-electron chi connectivity index (χ3n) is 9.19. The van der Waals surface area contributed by atoms with E-state index >= 15 is 0 Å². The average Bonchev–Trinajstić information content (AvgIpc) is 3.13. The SMILES string of the molecule is CCc1cc(N(C)c2ccn(-c3cnc(C(=O)NCC#Cc4cccc(NC5CCC(=O)NC5=O)c4)c(C)c3)c(=O)c2)c2cc(C)c(=O)n(C)c2c1. The van der Waals surface area contributed by atoms with Crippen LogP contribution in [0, 0.1) is 25.7 Å². The molecule has 1 aliphatic heterocycles. The van der Waals surface area contributed by atoms with Crippen LogP contribution in [-0.4, -0.2) is 51.5 Å². The summed E-state index contributed by atoms with van der Waals surface area (Å²) >= 11 is 0. The first-order chi connectivity index (χ1) is 24.9. The first kappa shape index (κ1) is 35.3. The van der Waals surface area contributed by atoms with Gasteiger partial charge in [-0.05, 0) is 86.3 Å². The maximum absolute atomic E-state index is 13.4. The number of carbonyl (C=O) groups is 3. The maximum Gasteiger partial charge on any atom is 0.270 e. The third kappa shape index (κ3) is 7.34. The van der Waals surface area contributed by atoms with E-state index in [1.165, 1.54) is 10.8 Å². The summed E-state index contributed by atoms with van der Waals surface area (Å²) in [6.45, 7) is 5.69. The Kier molecular flexibility index (Phi) is 10.1. The average molecular weight is 698 g/mol. The van der Waals surface area contributed by atoms with Gasteiger partial charge in [0.15, 0.2) is 0 Å². The molecule has 0 spiro atoms. The number of hydrogen-bond donors (Lipinski definition) is 3. The van der Waals surface area contributed by atoms with Gasteiger partial charge in [0, 0.05) is 60.7 Å². The van der Waals surface area contributed by atoms with Gasteiger partial charge in [-0.15, -0.1) is 0 Å². The summed E-state index contributed by atoms with van der Waals surface area (Å²) in [5.41, 5.74) is 6.52. The minimum absolute atomic E-state index is 0.0425. The van der Waals surface area contributed by atoms with Crippen molar-refractivity contribution in [2.75, 3.05) is 23.8 Å². The molecule has 12 nitrogen and oxygen atoms in total. The molecule has 264 valence electrons. The predicted octanol–water partition coefficient (Wildman–Crippen LogP) is 4.03. The largest absolute Gasteiger partial charge is 0.374 e. The first-order valence-electron chi connectivity index (χ1n) is 17.0. The van der Waals surface area contributed by atoms with Gasteiger partial charge in [0.25, 0.3) is 17.0 Å². The first-order valence-corrected chi connectivity index (χ1v) is 17.0. The molecule has 1 unspecified atom stereocenters. The molecule has 0 bridgehead atoms. The fourth-order valence-corrected chi connectivity index (χ4v) is 6.27. The lowest BCUT2D eigenvalue weighted by molar-refractivity contribution is -0.133. The van der Waals surface area contributed by atoms with Crippen molar-refractivity contribution in [1.82, 2.24) is 24.8 Å². The van der Waals surface area contributed by atoms with Crippen molar-refractivity contribution >= 4 is 45.7 Å². The summed E-state index contributed by atoms with van der Waals surface area (Å²) in [4.78, 5) is 68.9. The molecule has 3 amide bonds. The van der Waals surface area contributed by atoms with Gasteiger partial charge in [-0.3, -0.25) is 33.9 Å². The van der Waals surface area contributed by atoms with Crippen LogP contribution in [0.25, 0.3) is 16.6 Å². The number of aryl methyl sites for hydroxylation is 4. The highest BCUT2D eigenvalue weighted by molar-refractivity contribution is 6.01. The number of aromatic nitrogens is 3. The van der Waals surface area contributed by atoms with E-state index < -0.39 is 11.9 Å². The summed E-state index contributed by atoms with van der Waals surface area (Å²) in [6.07, 6.45) is 4.65. The van der Waals surface area contributed by atoms with E-state index in [9.17, 15) is 24.0 Å². The smallest absolute Gasteiger partial charge is 0.270 e. The highest BCUT2D eigenvalue weighted by Gasteiger charge is 2.26. The molecule has 0 aliphatic carbocycles. The summed E-state index contributed by atoms with van der Waals surface area (Å²) in [5.74, 6) is 4.92. The topological polar surface area (TPSA) is 147 Å². The number of pyridine rings is 3. The zero-order chi connectivity index (χ0) is 37.1. The molecule has 2 aromatic carbocycles. The second kappa shape index (κ2) is 14.8. The van der Waals surface area contributed by atoms with E-state index in [2.05, 4.69) is 45.8 Å². The summed E-state index contributed by atoms with van der Waals surface area (Å²) < 4.78 is 3.14. The van der Waals surface area contributed by atoms with Gasteiger partial charge in [0.1, 0.15) is 11.7 Å². The fourth-order valence-electron chi connectivity index (χ4n) is 6.27. The molecule has 5 aromatic rings. The Morgan fingerprint density at radius 3 is 2.58 bits per heavy atom. The van der Waals surface area contributed by atoms with Gasteiger partial charge in [-0.25, -0.2) is 4.98 Å². The highest BCUT2D eigenvalue weighted by Crippen LogP contribution is 2.32. The van der Waals surface area contributed by atoms with Gasteiger partial charge in [0.05, 0.1) is 29.6 Å². The molecule has 12 heteroatoms. The zero-order valence-corrected chi connectivity index (χ0v) is 29.7. The van der Waals surface area contributed by atoms with Crippen molar-refractivity contribution in [2.45, 2.75) is 46.1 Å². The van der Waals surface area contributed by atoms with Gasteiger partial charge in [0.2, 0.25) is 11.8 Å². The molecule has 6 rings (SSSR count). The minimum Gasteiger partial charge on any atom is -0.374 e. The standard InChI is InChI=1S/C40H39N7O5/c1-6-26-20-33(31-18-25(3)40(52)46(5)34(31)21-26)45(4)29-14-16-47(36(49)22-29)30-17-24(2)37(42-23-30)39(51)41-15-8-10-27-9-7-11-28(19-27)43-32-12-13-35(48)44-38(32)50/h7,9,11,14,16-23,32,43H,6,12-13,15H2,1-5H3,(H,41,51)(H,44,48,50).